The van der Waals surface area contributed by atoms with Gasteiger partial charge in [-0.15, -0.1) is 10.2 Å². The van der Waals surface area contributed by atoms with Crippen molar-refractivity contribution in [3.63, 3.8) is 0 Å². The Morgan fingerprint density at radius 2 is 1.70 bits per heavy atom. The van der Waals surface area contributed by atoms with E-state index in [0.29, 0.717) is 0 Å². The molecule has 4 nitrogen and oxygen atoms in total. The summed E-state index contributed by atoms with van der Waals surface area (Å²) >= 11 is 0. The molecule has 0 aliphatic rings. The maximum atomic E-state index is 4.34. The Balaban J connectivity index is 2.26. The van der Waals surface area contributed by atoms with Crippen LogP contribution in [0.5, 0.6) is 0 Å². The van der Waals surface area contributed by atoms with Gasteiger partial charge in [0.05, 0.1) is 0 Å². The summed E-state index contributed by atoms with van der Waals surface area (Å²) in [5.74, 6) is 0.870. The Labute approximate surface area is 118 Å². The Morgan fingerprint density at radius 3 is 2.40 bits per heavy atom. The molecule has 2 heterocycles. The predicted octanol–water partition coefficient (Wildman–Crippen LogP) is 3.16. The first-order valence-electron chi connectivity index (χ1n) is 6.54. The number of benzene rings is 1. The minimum absolute atomic E-state index is 0.870. The van der Waals surface area contributed by atoms with Gasteiger partial charge in [0.1, 0.15) is 6.33 Å². The SMILES string of the molecule is Cc1nccc(-c2ccccc2-c2nncn2C)c1C. The minimum Gasteiger partial charge on any atom is -0.317 e. The number of hydrogen-bond donors (Lipinski definition) is 0. The minimum atomic E-state index is 0.870. The maximum Gasteiger partial charge on any atom is 0.164 e. The average Bonchev–Trinajstić information content (AvgIpc) is 2.88. The number of aryl methyl sites for hydroxylation is 2. The first-order chi connectivity index (χ1) is 9.68. The van der Waals surface area contributed by atoms with Crippen LogP contribution in [0.15, 0.2) is 42.9 Å². The summed E-state index contributed by atoms with van der Waals surface area (Å²) in [5, 5.41) is 8.20. The summed E-state index contributed by atoms with van der Waals surface area (Å²) in [4.78, 5) is 4.34. The predicted molar refractivity (Wildman–Crippen MR) is 79.1 cm³/mol. The second kappa shape index (κ2) is 4.89. The van der Waals surface area contributed by atoms with Crippen LogP contribution in [0.2, 0.25) is 0 Å². The van der Waals surface area contributed by atoms with Crippen LogP contribution in [0.1, 0.15) is 11.3 Å². The molecule has 20 heavy (non-hydrogen) atoms. The van der Waals surface area contributed by atoms with E-state index in [1.807, 2.05) is 36.9 Å². The lowest BCUT2D eigenvalue weighted by Gasteiger charge is -2.12. The summed E-state index contributed by atoms with van der Waals surface area (Å²) in [5.41, 5.74) is 5.68. The van der Waals surface area contributed by atoms with E-state index in [0.717, 1.165) is 22.6 Å². The molecule has 0 aliphatic heterocycles. The zero-order valence-electron chi connectivity index (χ0n) is 11.8. The highest BCUT2D eigenvalue weighted by Crippen LogP contribution is 2.32. The molecule has 3 rings (SSSR count). The van der Waals surface area contributed by atoms with Gasteiger partial charge in [-0.25, -0.2) is 0 Å². The van der Waals surface area contributed by atoms with E-state index in [4.69, 9.17) is 0 Å². The zero-order valence-corrected chi connectivity index (χ0v) is 11.8. The van der Waals surface area contributed by atoms with Crippen molar-refractivity contribution >= 4 is 0 Å². The van der Waals surface area contributed by atoms with E-state index in [-0.39, 0.29) is 0 Å². The maximum absolute atomic E-state index is 4.34. The van der Waals surface area contributed by atoms with E-state index < -0.39 is 0 Å². The fourth-order valence-corrected chi connectivity index (χ4v) is 2.37. The molecule has 0 amide bonds. The van der Waals surface area contributed by atoms with E-state index in [9.17, 15) is 0 Å². The van der Waals surface area contributed by atoms with E-state index in [1.54, 1.807) is 6.33 Å². The summed E-state index contributed by atoms with van der Waals surface area (Å²) in [6.45, 7) is 4.13. The lowest BCUT2D eigenvalue weighted by Crippen LogP contribution is -1.96. The van der Waals surface area contributed by atoms with E-state index in [2.05, 4.69) is 40.3 Å². The lowest BCUT2D eigenvalue weighted by molar-refractivity contribution is 0.920. The summed E-state index contributed by atoms with van der Waals surface area (Å²) in [6.07, 6.45) is 3.57. The van der Waals surface area contributed by atoms with Gasteiger partial charge in [0.25, 0.3) is 0 Å². The number of nitrogens with zero attached hydrogens (tertiary/aromatic N) is 4. The Kier molecular flexibility index (Phi) is 3.06. The molecule has 0 bridgehead atoms. The van der Waals surface area contributed by atoms with Crippen LogP contribution in [0, 0.1) is 13.8 Å². The van der Waals surface area contributed by atoms with Crippen molar-refractivity contribution in [3.05, 3.63) is 54.1 Å². The normalized spacial score (nSPS) is 10.8. The van der Waals surface area contributed by atoms with Crippen molar-refractivity contribution in [3.8, 4) is 22.5 Å². The third kappa shape index (κ3) is 1.99. The van der Waals surface area contributed by atoms with Crippen LogP contribution in [-0.4, -0.2) is 19.7 Å². The molecule has 0 atom stereocenters. The quantitative estimate of drug-likeness (QED) is 0.714. The van der Waals surface area contributed by atoms with Gasteiger partial charge in [-0.05, 0) is 36.6 Å². The van der Waals surface area contributed by atoms with Gasteiger partial charge >= 0.3 is 0 Å². The molecular weight excluding hydrogens is 248 g/mol. The Morgan fingerprint density at radius 1 is 0.950 bits per heavy atom. The highest BCUT2D eigenvalue weighted by atomic mass is 15.2. The molecule has 1 aromatic carbocycles. The van der Waals surface area contributed by atoms with Crippen LogP contribution in [0.3, 0.4) is 0 Å². The van der Waals surface area contributed by atoms with Gasteiger partial charge in [-0.2, -0.15) is 0 Å². The molecule has 0 spiro atoms. The van der Waals surface area contributed by atoms with Crippen LogP contribution in [-0.2, 0) is 7.05 Å². The first kappa shape index (κ1) is 12.5. The number of pyridine rings is 1. The molecule has 0 fully saturated rings. The Hall–Kier alpha value is -2.49. The van der Waals surface area contributed by atoms with Crippen molar-refractivity contribution in [1.29, 1.82) is 0 Å². The van der Waals surface area contributed by atoms with Gasteiger partial charge in [-0.3, -0.25) is 4.98 Å². The van der Waals surface area contributed by atoms with Crippen LogP contribution < -0.4 is 0 Å². The smallest absolute Gasteiger partial charge is 0.164 e. The monoisotopic (exact) mass is 264 g/mol. The van der Waals surface area contributed by atoms with Crippen molar-refractivity contribution in [2.45, 2.75) is 13.8 Å². The fraction of sp³-hybridized carbons (Fsp3) is 0.188. The highest BCUT2D eigenvalue weighted by molar-refractivity contribution is 5.82. The van der Waals surface area contributed by atoms with E-state index >= 15 is 0 Å². The third-order valence-corrected chi connectivity index (χ3v) is 3.63. The largest absolute Gasteiger partial charge is 0.317 e. The standard InChI is InChI=1S/C16H16N4/c1-11-12(2)17-9-8-13(11)14-6-4-5-7-15(14)16-19-18-10-20(16)3/h4-10H,1-3H3. The zero-order chi connectivity index (χ0) is 14.1. The number of aromatic nitrogens is 4. The number of hydrogen-bond acceptors (Lipinski definition) is 3. The molecular formula is C16H16N4. The van der Waals surface area contributed by atoms with Crippen molar-refractivity contribution < 1.29 is 0 Å². The van der Waals surface area contributed by atoms with Crippen molar-refractivity contribution in [2.75, 3.05) is 0 Å². The van der Waals surface area contributed by atoms with Crippen LogP contribution >= 0.6 is 0 Å². The Bertz CT molecular complexity index is 759. The number of rotatable bonds is 2. The molecule has 0 saturated carbocycles. The lowest BCUT2D eigenvalue weighted by atomic mass is 9.95. The summed E-state index contributed by atoms with van der Waals surface area (Å²) in [6, 6.07) is 10.3. The molecule has 0 saturated heterocycles. The average molecular weight is 264 g/mol. The van der Waals surface area contributed by atoms with Crippen molar-refractivity contribution in [1.82, 2.24) is 19.7 Å². The second-order valence-electron chi connectivity index (χ2n) is 4.88. The third-order valence-electron chi connectivity index (χ3n) is 3.63. The highest BCUT2D eigenvalue weighted by Gasteiger charge is 2.13. The second-order valence-corrected chi connectivity index (χ2v) is 4.88. The molecule has 0 aliphatic carbocycles. The molecule has 100 valence electrons. The molecule has 3 aromatic rings. The molecule has 0 unspecified atom stereocenters. The summed E-state index contributed by atoms with van der Waals surface area (Å²) in [7, 11) is 1.96. The van der Waals surface area contributed by atoms with Crippen LogP contribution in [0.25, 0.3) is 22.5 Å². The van der Waals surface area contributed by atoms with Gasteiger partial charge < -0.3 is 4.57 Å². The van der Waals surface area contributed by atoms with Gasteiger partial charge in [0.15, 0.2) is 5.82 Å². The molecule has 0 radical (unpaired) electrons. The fourth-order valence-electron chi connectivity index (χ4n) is 2.37. The van der Waals surface area contributed by atoms with Crippen molar-refractivity contribution in [2.24, 2.45) is 7.05 Å². The molecule has 4 heteroatoms. The first-order valence-corrected chi connectivity index (χ1v) is 6.54. The van der Waals surface area contributed by atoms with Gasteiger partial charge in [0.2, 0.25) is 0 Å². The van der Waals surface area contributed by atoms with Gasteiger partial charge in [-0.1, -0.05) is 24.3 Å². The van der Waals surface area contributed by atoms with Gasteiger partial charge in [0, 0.05) is 24.5 Å². The molecule has 2 aromatic heterocycles. The van der Waals surface area contributed by atoms with E-state index in [1.165, 1.54) is 11.1 Å². The topological polar surface area (TPSA) is 43.6 Å². The van der Waals surface area contributed by atoms with Crippen LogP contribution in [0.4, 0.5) is 0 Å². The molecule has 0 N–H and O–H groups in total. The summed E-state index contributed by atoms with van der Waals surface area (Å²) < 4.78 is 1.93.